The highest BCUT2D eigenvalue weighted by atomic mass is 32.2. The first-order valence-corrected chi connectivity index (χ1v) is 11.3. The molecule has 0 unspecified atom stereocenters. The second-order valence-corrected chi connectivity index (χ2v) is 9.09. The molecule has 0 aliphatic carbocycles. The lowest BCUT2D eigenvalue weighted by Crippen LogP contribution is -2.43. The van der Waals surface area contributed by atoms with Crippen LogP contribution in [0.15, 0.2) is 47.4 Å². The maximum absolute atomic E-state index is 13.3. The number of sulfonamides is 1. The number of aryl methyl sites for hydroxylation is 1. The minimum Gasteiger partial charge on any atom is -0.325 e. The summed E-state index contributed by atoms with van der Waals surface area (Å²) in [4.78, 5) is 13.0. The second kappa shape index (κ2) is 7.57. The summed E-state index contributed by atoms with van der Waals surface area (Å²) < 4.78 is 36.1. The fourth-order valence-corrected chi connectivity index (χ4v) is 5.91. The normalized spacial score (nSPS) is 17.8. The van der Waals surface area contributed by atoms with E-state index in [9.17, 15) is 13.2 Å². The van der Waals surface area contributed by atoms with E-state index in [-0.39, 0.29) is 10.8 Å². The molecule has 1 saturated heterocycles. The van der Waals surface area contributed by atoms with E-state index >= 15 is 0 Å². The summed E-state index contributed by atoms with van der Waals surface area (Å²) in [7, 11) is -3.86. The molecule has 1 fully saturated rings. The minimum absolute atomic E-state index is 0.103. The SMILES string of the molecule is CCc1cccc(NC(=O)[C@H]2CCCN2S(=O)(=O)c2cccc3nsnc23)c1. The standard InChI is InChI=1S/C19H20N4O3S2/c1-2-13-6-3-7-14(12-13)20-19(24)16-9-5-11-23(16)28(25,26)17-10-4-8-15-18(17)22-27-21-15/h3-4,6-8,10,12,16H,2,5,9,11H2,1H3,(H,20,24)/t16-/m1/s1. The van der Waals surface area contributed by atoms with Crippen LogP contribution < -0.4 is 5.32 Å². The molecule has 0 bridgehead atoms. The molecule has 4 rings (SSSR count). The Morgan fingerprint density at radius 2 is 2.07 bits per heavy atom. The Kier molecular flexibility index (Phi) is 5.13. The van der Waals surface area contributed by atoms with Gasteiger partial charge < -0.3 is 5.32 Å². The van der Waals surface area contributed by atoms with Crippen molar-refractivity contribution < 1.29 is 13.2 Å². The van der Waals surface area contributed by atoms with Crippen molar-refractivity contribution in [1.82, 2.24) is 13.1 Å². The molecule has 28 heavy (non-hydrogen) atoms. The molecule has 2 heterocycles. The van der Waals surface area contributed by atoms with Gasteiger partial charge in [0.05, 0.1) is 11.7 Å². The van der Waals surface area contributed by atoms with Crippen LogP contribution in [0.2, 0.25) is 0 Å². The molecule has 0 saturated carbocycles. The smallest absolute Gasteiger partial charge is 0.246 e. The molecule has 9 heteroatoms. The summed E-state index contributed by atoms with van der Waals surface area (Å²) >= 11 is 0.976. The predicted octanol–water partition coefficient (Wildman–Crippen LogP) is 3.05. The van der Waals surface area contributed by atoms with Crippen molar-refractivity contribution in [2.24, 2.45) is 0 Å². The van der Waals surface area contributed by atoms with E-state index in [4.69, 9.17) is 0 Å². The van der Waals surface area contributed by atoms with Gasteiger partial charge in [0.15, 0.2) is 0 Å². The maximum atomic E-state index is 13.3. The molecular formula is C19H20N4O3S2. The zero-order valence-electron chi connectivity index (χ0n) is 15.3. The lowest BCUT2D eigenvalue weighted by atomic mass is 10.1. The van der Waals surface area contributed by atoms with Gasteiger partial charge in [-0.05, 0) is 49.1 Å². The third kappa shape index (κ3) is 3.41. The van der Waals surface area contributed by atoms with Crippen molar-refractivity contribution >= 4 is 44.4 Å². The number of nitrogens with one attached hydrogen (secondary N) is 1. The molecule has 3 aromatic rings. The Balaban J connectivity index is 1.62. The molecule has 1 N–H and O–H groups in total. The van der Waals surface area contributed by atoms with Gasteiger partial charge in [-0.3, -0.25) is 4.79 Å². The molecule has 146 valence electrons. The predicted molar refractivity (Wildman–Crippen MR) is 109 cm³/mol. The van der Waals surface area contributed by atoms with Crippen LogP contribution in [-0.4, -0.2) is 40.0 Å². The van der Waals surface area contributed by atoms with E-state index in [1.54, 1.807) is 12.1 Å². The van der Waals surface area contributed by atoms with Crippen molar-refractivity contribution in [2.45, 2.75) is 37.1 Å². The Hall–Kier alpha value is -2.36. The van der Waals surface area contributed by atoms with Crippen molar-refractivity contribution in [3.8, 4) is 0 Å². The van der Waals surface area contributed by atoms with Gasteiger partial charge in [-0.2, -0.15) is 13.1 Å². The molecule has 1 aliphatic heterocycles. The highest BCUT2D eigenvalue weighted by molar-refractivity contribution is 7.89. The Morgan fingerprint density at radius 1 is 1.25 bits per heavy atom. The van der Waals surface area contributed by atoms with Crippen LogP contribution in [-0.2, 0) is 21.2 Å². The largest absolute Gasteiger partial charge is 0.325 e. The van der Waals surface area contributed by atoms with E-state index in [1.165, 1.54) is 10.4 Å². The number of anilines is 1. The highest BCUT2D eigenvalue weighted by Crippen LogP contribution is 2.30. The number of benzene rings is 2. The Morgan fingerprint density at radius 3 is 2.89 bits per heavy atom. The van der Waals surface area contributed by atoms with E-state index < -0.39 is 16.1 Å². The van der Waals surface area contributed by atoms with Gasteiger partial charge in [-0.1, -0.05) is 25.1 Å². The van der Waals surface area contributed by atoms with E-state index in [1.807, 2.05) is 31.2 Å². The van der Waals surface area contributed by atoms with Crippen LogP contribution in [0.4, 0.5) is 5.69 Å². The van der Waals surface area contributed by atoms with Crippen LogP contribution in [0.3, 0.4) is 0 Å². The van der Waals surface area contributed by atoms with Crippen molar-refractivity contribution in [2.75, 3.05) is 11.9 Å². The van der Waals surface area contributed by atoms with Gasteiger partial charge in [-0.25, -0.2) is 8.42 Å². The van der Waals surface area contributed by atoms with Gasteiger partial charge in [0.1, 0.15) is 22.0 Å². The van der Waals surface area contributed by atoms with E-state index in [2.05, 4.69) is 14.1 Å². The van der Waals surface area contributed by atoms with Gasteiger partial charge in [0.2, 0.25) is 15.9 Å². The first-order valence-electron chi connectivity index (χ1n) is 9.13. The summed E-state index contributed by atoms with van der Waals surface area (Å²) in [6.45, 7) is 2.35. The number of aromatic nitrogens is 2. The van der Waals surface area contributed by atoms with Gasteiger partial charge in [-0.15, -0.1) is 0 Å². The number of nitrogens with zero attached hydrogens (tertiary/aromatic N) is 3. The van der Waals surface area contributed by atoms with Gasteiger partial charge in [0, 0.05) is 12.2 Å². The first kappa shape index (κ1) is 19.0. The average molecular weight is 417 g/mol. The summed E-state index contributed by atoms with van der Waals surface area (Å²) in [5.41, 5.74) is 2.69. The number of hydrogen-bond donors (Lipinski definition) is 1. The Bertz CT molecular complexity index is 1130. The van der Waals surface area contributed by atoms with E-state index in [0.717, 1.165) is 23.7 Å². The first-order chi connectivity index (χ1) is 13.5. The molecule has 2 aromatic carbocycles. The van der Waals surface area contributed by atoms with Gasteiger partial charge >= 0.3 is 0 Å². The van der Waals surface area contributed by atoms with Crippen LogP contribution in [0.25, 0.3) is 11.0 Å². The summed E-state index contributed by atoms with van der Waals surface area (Å²) in [6.07, 6.45) is 1.99. The van der Waals surface area contributed by atoms with Crippen LogP contribution in [0.5, 0.6) is 0 Å². The molecule has 0 radical (unpaired) electrons. The number of amides is 1. The van der Waals surface area contributed by atoms with Crippen molar-refractivity contribution in [3.63, 3.8) is 0 Å². The van der Waals surface area contributed by atoms with Crippen LogP contribution in [0, 0.1) is 0 Å². The zero-order chi connectivity index (χ0) is 19.7. The number of carbonyl (C=O) groups excluding carboxylic acids is 1. The molecule has 1 aliphatic rings. The lowest BCUT2D eigenvalue weighted by molar-refractivity contribution is -0.119. The lowest BCUT2D eigenvalue weighted by Gasteiger charge is -2.23. The number of rotatable bonds is 5. The van der Waals surface area contributed by atoms with Crippen LogP contribution in [0.1, 0.15) is 25.3 Å². The molecule has 1 amide bonds. The average Bonchev–Trinajstić information content (AvgIpc) is 3.37. The number of carbonyl (C=O) groups is 1. The van der Waals surface area contributed by atoms with Crippen LogP contribution >= 0.6 is 11.7 Å². The zero-order valence-corrected chi connectivity index (χ0v) is 17.0. The topological polar surface area (TPSA) is 92.3 Å². The second-order valence-electron chi connectivity index (χ2n) is 6.71. The number of hydrogen-bond acceptors (Lipinski definition) is 6. The maximum Gasteiger partial charge on any atom is 0.246 e. The highest BCUT2D eigenvalue weighted by Gasteiger charge is 2.40. The fraction of sp³-hybridized carbons (Fsp3) is 0.316. The molecule has 7 nitrogen and oxygen atoms in total. The molecular weight excluding hydrogens is 396 g/mol. The third-order valence-corrected chi connectivity index (χ3v) is 7.43. The Labute approximate surface area is 167 Å². The number of fused-ring (bicyclic) bond motifs is 1. The fourth-order valence-electron chi connectivity index (χ4n) is 3.50. The van der Waals surface area contributed by atoms with Gasteiger partial charge in [0.25, 0.3) is 0 Å². The van der Waals surface area contributed by atoms with E-state index in [0.29, 0.717) is 36.1 Å². The minimum atomic E-state index is -3.86. The third-order valence-electron chi connectivity index (χ3n) is 4.94. The quantitative estimate of drug-likeness (QED) is 0.690. The molecule has 1 aromatic heterocycles. The molecule has 0 spiro atoms. The van der Waals surface area contributed by atoms with Crippen molar-refractivity contribution in [1.29, 1.82) is 0 Å². The molecule has 1 atom stereocenters. The summed E-state index contributed by atoms with van der Waals surface area (Å²) in [5.74, 6) is -0.307. The summed E-state index contributed by atoms with van der Waals surface area (Å²) in [5, 5.41) is 2.87. The van der Waals surface area contributed by atoms with Crippen molar-refractivity contribution in [3.05, 3.63) is 48.0 Å². The summed E-state index contributed by atoms with van der Waals surface area (Å²) in [6, 6.07) is 11.8. The monoisotopic (exact) mass is 416 g/mol.